The molecule has 29 heavy (non-hydrogen) atoms. The Morgan fingerprint density at radius 3 is 2.69 bits per heavy atom. The molecule has 2 aromatic rings. The smallest absolute Gasteiger partial charge is 0.410 e. The predicted molar refractivity (Wildman–Crippen MR) is 110 cm³/mol. The molecule has 1 aromatic carbocycles. The van der Waals surface area contributed by atoms with E-state index in [-0.39, 0.29) is 18.1 Å². The average Bonchev–Trinajstić information content (AvgIpc) is 3.21. The summed E-state index contributed by atoms with van der Waals surface area (Å²) in [5, 5.41) is 1.52. The zero-order valence-corrected chi connectivity index (χ0v) is 18.1. The minimum atomic E-state index is -3.69. The first-order valence-corrected chi connectivity index (χ1v) is 11.3. The number of rotatable bonds is 2. The van der Waals surface area contributed by atoms with Gasteiger partial charge in [0.1, 0.15) is 5.60 Å². The standard InChI is InChI=1S/C21H27N3O4S/c1-14-10-22-11-15-6-5-7-18(19(14)15)29(26,27)23-12-16-8-9-24(17(16)13-23)20(25)28-21(2,3)4/h5-7,10-11,16-17H,8-9,12-13H2,1-4H3. The van der Waals surface area contributed by atoms with Gasteiger partial charge >= 0.3 is 6.09 Å². The number of carbonyl (C=O) groups excluding carboxylic acids is 1. The van der Waals surface area contributed by atoms with Crippen molar-refractivity contribution in [2.75, 3.05) is 19.6 Å². The second kappa shape index (κ2) is 6.95. The lowest BCUT2D eigenvalue weighted by Gasteiger charge is -2.28. The summed E-state index contributed by atoms with van der Waals surface area (Å²) >= 11 is 0. The van der Waals surface area contributed by atoms with Gasteiger partial charge in [0.25, 0.3) is 0 Å². The number of hydrogen-bond donors (Lipinski definition) is 0. The topological polar surface area (TPSA) is 79.8 Å². The molecule has 0 N–H and O–H groups in total. The molecule has 0 saturated carbocycles. The molecule has 0 bridgehead atoms. The third-order valence-corrected chi connectivity index (χ3v) is 7.57. The summed E-state index contributed by atoms with van der Waals surface area (Å²) in [6.45, 7) is 8.71. The molecule has 0 spiro atoms. The summed E-state index contributed by atoms with van der Waals surface area (Å²) in [5.74, 6) is 0.134. The predicted octanol–water partition coefficient (Wildman–Crippen LogP) is 3.17. The van der Waals surface area contributed by atoms with E-state index in [9.17, 15) is 13.2 Å². The minimum absolute atomic E-state index is 0.134. The molecule has 1 aromatic heterocycles. The third kappa shape index (κ3) is 3.59. The molecular weight excluding hydrogens is 390 g/mol. The maximum Gasteiger partial charge on any atom is 0.410 e. The van der Waals surface area contributed by atoms with Crippen molar-refractivity contribution in [3.05, 3.63) is 36.2 Å². The van der Waals surface area contributed by atoms with Crippen LogP contribution in [0.4, 0.5) is 4.79 Å². The third-order valence-electron chi connectivity index (χ3n) is 5.69. The van der Waals surface area contributed by atoms with Crippen LogP contribution < -0.4 is 0 Å². The van der Waals surface area contributed by atoms with Crippen LogP contribution in [0.1, 0.15) is 32.8 Å². The molecular formula is C21H27N3O4S. The van der Waals surface area contributed by atoms with Crippen LogP contribution in [0.5, 0.6) is 0 Å². The maximum absolute atomic E-state index is 13.5. The normalized spacial score (nSPS) is 22.8. The van der Waals surface area contributed by atoms with E-state index in [0.29, 0.717) is 29.9 Å². The summed E-state index contributed by atoms with van der Waals surface area (Å²) in [7, 11) is -3.69. The highest BCUT2D eigenvalue weighted by Crippen LogP contribution is 2.37. The van der Waals surface area contributed by atoms with Gasteiger partial charge in [-0.25, -0.2) is 13.2 Å². The molecule has 4 rings (SSSR count). The van der Waals surface area contributed by atoms with Gasteiger partial charge in [-0.1, -0.05) is 12.1 Å². The number of hydrogen-bond acceptors (Lipinski definition) is 5. The number of likely N-dealkylation sites (tertiary alicyclic amines) is 1. The van der Waals surface area contributed by atoms with E-state index in [1.165, 1.54) is 4.31 Å². The van der Waals surface area contributed by atoms with Crippen molar-refractivity contribution >= 4 is 26.9 Å². The number of pyridine rings is 1. The second-order valence-electron chi connectivity index (χ2n) is 8.92. The minimum Gasteiger partial charge on any atom is -0.444 e. The first-order chi connectivity index (χ1) is 13.6. The van der Waals surface area contributed by atoms with Crippen LogP contribution in [0.2, 0.25) is 0 Å². The molecule has 156 valence electrons. The molecule has 2 fully saturated rings. The van der Waals surface area contributed by atoms with Crippen molar-refractivity contribution in [3.8, 4) is 0 Å². The number of benzene rings is 1. The van der Waals surface area contributed by atoms with Gasteiger partial charge in [-0.15, -0.1) is 0 Å². The monoisotopic (exact) mass is 417 g/mol. The first kappa shape index (κ1) is 20.1. The van der Waals surface area contributed by atoms with Crippen molar-refractivity contribution in [1.29, 1.82) is 0 Å². The number of ether oxygens (including phenoxy) is 1. The maximum atomic E-state index is 13.5. The van der Waals surface area contributed by atoms with Crippen LogP contribution in [-0.2, 0) is 14.8 Å². The Morgan fingerprint density at radius 1 is 1.21 bits per heavy atom. The van der Waals surface area contributed by atoms with E-state index in [2.05, 4.69) is 4.98 Å². The van der Waals surface area contributed by atoms with Crippen molar-refractivity contribution in [2.45, 2.75) is 50.7 Å². The molecule has 2 aliphatic heterocycles. The van der Waals surface area contributed by atoms with Gasteiger partial charge in [-0.3, -0.25) is 4.98 Å². The molecule has 2 aliphatic rings. The van der Waals surface area contributed by atoms with Crippen LogP contribution >= 0.6 is 0 Å². The lowest BCUT2D eigenvalue weighted by atomic mass is 10.1. The van der Waals surface area contributed by atoms with E-state index in [0.717, 1.165) is 17.4 Å². The largest absolute Gasteiger partial charge is 0.444 e. The average molecular weight is 418 g/mol. The summed E-state index contributed by atoms with van der Waals surface area (Å²) in [4.78, 5) is 18.8. The molecule has 8 heteroatoms. The van der Waals surface area contributed by atoms with Crippen LogP contribution in [0.3, 0.4) is 0 Å². The zero-order valence-electron chi connectivity index (χ0n) is 17.3. The molecule has 7 nitrogen and oxygen atoms in total. The van der Waals surface area contributed by atoms with Crippen molar-refractivity contribution in [2.24, 2.45) is 5.92 Å². The molecule has 3 heterocycles. The van der Waals surface area contributed by atoms with Crippen LogP contribution in [0, 0.1) is 12.8 Å². The Morgan fingerprint density at radius 2 is 1.97 bits per heavy atom. The quantitative estimate of drug-likeness (QED) is 0.750. The fourth-order valence-corrected chi connectivity index (χ4v) is 6.19. The van der Waals surface area contributed by atoms with E-state index in [4.69, 9.17) is 4.74 Å². The van der Waals surface area contributed by atoms with Gasteiger partial charge < -0.3 is 9.64 Å². The highest BCUT2D eigenvalue weighted by molar-refractivity contribution is 7.89. The molecule has 2 atom stereocenters. The van der Waals surface area contributed by atoms with Gasteiger partial charge in [0.2, 0.25) is 10.0 Å². The van der Waals surface area contributed by atoms with Gasteiger partial charge in [0, 0.05) is 42.8 Å². The summed E-state index contributed by atoms with van der Waals surface area (Å²) < 4.78 is 34.1. The van der Waals surface area contributed by atoms with Gasteiger partial charge in [0.15, 0.2) is 0 Å². The number of carbonyl (C=O) groups is 1. The molecule has 1 amide bonds. The SMILES string of the molecule is Cc1cncc2cccc(S(=O)(=O)N3CC4CCN(C(=O)OC(C)(C)C)C4C3)c12. The van der Waals surface area contributed by atoms with Crippen molar-refractivity contribution in [1.82, 2.24) is 14.2 Å². The Bertz CT molecular complexity index is 1060. The van der Waals surface area contributed by atoms with Gasteiger partial charge in [-0.2, -0.15) is 4.31 Å². The lowest BCUT2D eigenvalue weighted by molar-refractivity contribution is 0.0223. The van der Waals surface area contributed by atoms with Crippen molar-refractivity contribution < 1.29 is 17.9 Å². The fraction of sp³-hybridized carbons (Fsp3) is 0.524. The Balaban J connectivity index is 1.62. The van der Waals surface area contributed by atoms with E-state index >= 15 is 0 Å². The van der Waals surface area contributed by atoms with E-state index in [1.54, 1.807) is 29.4 Å². The van der Waals surface area contributed by atoms with E-state index < -0.39 is 15.6 Å². The summed E-state index contributed by atoms with van der Waals surface area (Å²) in [6.07, 6.45) is 3.79. The highest BCUT2D eigenvalue weighted by atomic mass is 32.2. The Hall–Kier alpha value is -2.19. The Labute approximate surface area is 171 Å². The molecule has 2 unspecified atom stereocenters. The summed E-state index contributed by atoms with van der Waals surface area (Å²) in [6, 6.07) is 5.14. The van der Waals surface area contributed by atoms with Gasteiger partial charge in [0.05, 0.1) is 10.9 Å². The number of amides is 1. The molecule has 2 saturated heterocycles. The fourth-order valence-electron chi connectivity index (χ4n) is 4.39. The summed E-state index contributed by atoms with van der Waals surface area (Å²) in [5.41, 5.74) is 0.255. The number of aryl methyl sites for hydroxylation is 1. The number of fused-ring (bicyclic) bond motifs is 2. The number of sulfonamides is 1. The Kier molecular flexibility index (Phi) is 4.82. The van der Waals surface area contributed by atoms with Crippen molar-refractivity contribution in [3.63, 3.8) is 0 Å². The second-order valence-corrected chi connectivity index (χ2v) is 10.8. The first-order valence-electron chi connectivity index (χ1n) is 9.91. The molecule has 0 radical (unpaired) electrons. The number of nitrogens with zero attached hydrogens (tertiary/aromatic N) is 3. The van der Waals surface area contributed by atoms with Crippen LogP contribution in [0.25, 0.3) is 10.8 Å². The number of aromatic nitrogens is 1. The van der Waals surface area contributed by atoms with Crippen LogP contribution in [-0.4, -0.2) is 60.0 Å². The molecule has 0 aliphatic carbocycles. The van der Waals surface area contributed by atoms with E-state index in [1.807, 2.05) is 33.8 Å². The lowest BCUT2D eigenvalue weighted by Crippen LogP contribution is -2.43. The zero-order chi connectivity index (χ0) is 21.0. The van der Waals surface area contributed by atoms with Gasteiger partial charge in [-0.05, 0) is 51.7 Å². The highest BCUT2D eigenvalue weighted by Gasteiger charge is 2.48. The van der Waals surface area contributed by atoms with Crippen LogP contribution in [0.15, 0.2) is 35.5 Å².